The minimum Gasteiger partial charge on any atom is -0.457 e. The molecule has 0 saturated carbocycles. The number of hydrogen-bond acceptors (Lipinski definition) is 5. The summed E-state index contributed by atoms with van der Waals surface area (Å²) >= 11 is 0. The molecule has 0 fully saturated rings. The van der Waals surface area contributed by atoms with E-state index < -0.39 is 5.92 Å². The Hall–Kier alpha value is -4.00. The monoisotopic (exact) mass is 398 g/mol. The zero-order valence-electron chi connectivity index (χ0n) is 16.0. The molecule has 2 heterocycles. The Morgan fingerprint density at radius 2 is 1.57 bits per heavy atom. The third-order valence-electron chi connectivity index (χ3n) is 5.19. The summed E-state index contributed by atoms with van der Waals surface area (Å²) in [5.41, 5.74) is 1.96. The van der Waals surface area contributed by atoms with Gasteiger partial charge in [-0.1, -0.05) is 53.7 Å². The van der Waals surface area contributed by atoms with E-state index >= 15 is 0 Å². The summed E-state index contributed by atoms with van der Waals surface area (Å²) in [5.74, 6) is 0.714. The fourth-order valence-electron chi connectivity index (χ4n) is 3.75. The summed E-state index contributed by atoms with van der Waals surface area (Å²) in [6.07, 6.45) is 0. The van der Waals surface area contributed by atoms with Gasteiger partial charge in [-0.25, -0.2) is 4.68 Å². The summed E-state index contributed by atoms with van der Waals surface area (Å²) < 4.78 is 7.22. The van der Waals surface area contributed by atoms with Crippen LogP contribution in [0.3, 0.4) is 0 Å². The van der Waals surface area contributed by atoms with Crippen molar-refractivity contribution in [3.05, 3.63) is 94.3 Å². The van der Waals surface area contributed by atoms with Crippen LogP contribution in [0.2, 0.25) is 0 Å². The first-order valence-corrected chi connectivity index (χ1v) is 9.68. The Kier molecular flexibility index (Phi) is 4.48. The second-order valence-corrected chi connectivity index (χ2v) is 7.04. The molecular weight excluding hydrogens is 380 g/mol. The Bertz CT molecular complexity index is 1270. The van der Waals surface area contributed by atoms with Crippen molar-refractivity contribution >= 4 is 16.8 Å². The van der Waals surface area contributed by atoms with Gasteiger partial charge in [-0.05, 0) is 24.3 Å². The molecule has 0 radical (unpaired) electrons. The second-order valence-electron chi connectivity index (χ2n) is 7.04. The van der Waals surface area contributed by atoms with Crippen LogP contribution in [-0.4, -0.2) is 27.4 Å². The molecule has 1 aliphatic heterocycles. The number of benzene rings is 3. The predicted molar refractivity (Wildman–Crippen MR) is 112 cm³/mol. The van der Waals surface area contributed by atoms with Gasteiger partial charge >= 0.3 is 0 Å². The van der Waals surface area contributed by atoms with E-state index in [4.69, 9.17) is 4.74 Å². The van der Waals surface area contributed by atoms with E-state index in [0.29, 0.717) is 22.4 Å². The quantitative estimate of drug-likeness (QED) is 0.571. The number of nitrogens with zero attached hydrogens (tertiary/aromatic N) is 3. The fourth-order valence-corrected chi connectivity index (χ4v) is 3.75. The highest BCUT2D eigenvalue weighted by molar-refractivity contribution is 5.89. The van der Waals surface area contributed by atoms with E-state index in [2.05, 4.69) is 15.6 Å². The molecule has 30 heavy (non-hydrogen) atoms. The van der Waals surface area contributed by atoms with Crippen LogP contribution in [0.1, 0.15) is 17.0 Å². The molecule has 0 aliphatic carbocycles. The number of ether oxygens (including phenoxy) is 1. The van der Waals surface area contributed by atoms with Crippen molar-refractivity contribution in [2.75, 3.05) is 6.54 Å². The molecule has 0 bridgehead atoms. The molecule has 5 rings (SSSR count). The molecule has 7 nitrogen and oxygen atoms in total. The molecule has 1 N–H and O–H groups in total. The zero-order valence-corrected chi connectivity index (χ0v) is 16.0. The third kappa shape index (κ3) is 3.10. The molecule has 0 spiro atoms. The summed E-state index contributed by atoms with van der Waals surface area (Å²) in [4.78, 5) is 25.7. The van der Waals surface area contributed by atoms with E-state index in [1.54, 1.807) is 18.2 Å². The van der Waals surface area contributed by atoms with E-state index in [9.17, 15) is 9.59 Å². The smallest absolute Gasteiger partial charge is 0.277 e. The zero-order chi connectivity index (χ0) is 20.5. The Balaban J connectivity index is 1.37. The molecule has 4 aromatic rings. The fraction of sp³-hybridized carbons (Fsp3) is 0.130. The molecule has 0 atom stereocenters. The topological polar surface area (TPSA) is 86.1 Å². The SMILES string of the molecule is O=C(NCCn1nnc2ccccc2c1=O)C1c2ccccc2Oc2ccccc21. The largest absolute Gasteiger partial charge is 0.457 e. The van der Waals surface area contributed by atoms with Gasteiger partial charge in [0.15, 0.2) is 0 Å². The van der Waals surface area contributed by atoms with Crippen LogP contribution in [0.15, 0.2) is 77.6 Å². The molecule has 0 saturated heterocycles. The maximum absolute atomic E-state index is 13.1. The van der Waals surface area contributed by atoms with Crippen molar-refractivity contribution in [2.24, 2.45) is 0 Å². The van der Waals surface area contributed by atoms with E-state index in [1.807, 2.05) is 54.6 Å². The minimum atomic E-state index is -0.481. The Morgan fingerprint density at radius 3 is 2.30 bits per heavy atom. The van der Waals surface area contributed by atoms with E-state index in [-0.39, 0.29) is 24.6 Å². The summed E-state index contributed by atoms with van der Waals surface area (Å²) in [5, 5.41) is 11.5. The first kappa shape index (κ1) is 18.1. The summed E-state index contributed by atoms with van der Waals surface area (Å²) in [7, 11) is 0. The maximum atomic E-state index is 13.1. The van der Waals surface area contributed by atoms with Crippen molar-refractivity contribution in [1.82, 2.24) is 20.3 Å². The number of fused-ring (bicyclic) bond motifs is 3. The van der Waals surface area contributed by atoms with Crippen LogP contribution in [0.4, 0.5) is 0 Å². The standard InChI is InChI=1S/C23H18N4O3/c28-22(24-13-14-27-23(29)15-7-1-4-10-18(15)25-26-27)21-16-8-2-5-11-19(16)30-20-12-6-3-9-17(20)21/h1-12,21H,13-14H2,(H,24,28). The number of para-hydroxylation sites is 2. The molecule has 0 unspecified atom stereocenters. The average molecular weight is 398 g/mol. The average Bonchev–Trinajstić information content (AvgIpc) is 2.79. The predicted octanol–water partition coefficient (Wildman–Crippen LogP) is 2.85. The molecule has 7 heteroatoms. The number of carbonyl (C=O) groups excluding carboxylic acids is 1. The van der Waals surface area contributed by atoms with Crippen LogP contribution in [-0.2, 0) is 11.3 Å². The van der Waals surface area contributed by atoms with Gasteiger partial charge in [-0.3, -0.25) is 9.59 Å². The lowest BCUT2D eigenvalue weighted by Gasteiger charge is -2.27. The Morgan fingerprint density at radius 1 is 0.933 bits per heavy atom. The number of aromatic nitrogens is 3. The lowest BCUT2D eigenvalue weighted by molar-refractivity contribution is -0.121. The van der Waals surface area contributed by atoms with E-state index in [0.717, 1.165) is 11.1 Å². The molecule has 1 amide bonds. The molecule has 1 aliphatic rings. The van der Waals surface area contributed by atoms with Crippen molar-refractivity contribution in [1.29, 1.82) is 0 Å². The highest BCUT2D eigenvalue weighted by Gasteiger charge is 2.32. The van der Waals surface area contributed by atoms with Crippen molar-refractivity contribution in [3.8, 4) is 11.5 Å². The van der Waals surface area contributed by atoms with Crippen LogP contribution in [0, 0.1) is 0 Å². The van der Waals surface area contributed by atoms with Crippen molar-refractivity contribution in [3.63, 3.8) is 0 Å². The first-order valence-electron chi connectivity index (χ1n) is 9.68. The van der Waals surface area contributed by atoms with Gasteiger partial charge in [0.25, 0.3) is 5.56 Å². The van der Waals surface area contributed by atoms with Gasteiger partial charge in [0.1, 0.15) is 17.0 Å². The third-order valence-corrected chi connectivity index (χ3v) is 5.19. The second kappa shape index (κ2) is 7.44. The highest BCUT2D eigenvalue weighted by atomic mass is 16.5. The molecule has 3 aromatic carbocycles. The molecular formula is C23H18N4O3. The molecule has 148 valence electrons. The normalized spacial score (nSPS) is 12.7. The van der Waals surface area contributed by atoms with Crippen molar-refractivity contribution in [2.45, 2.75) is 12.5 Å². The number of amides is 1. The van der Waals surface area contributed by atoms with Gasteiger partial charge in [-0.15, -0.1) is 5.10 Å². The van der Waals surface area contributed by atoms with Gasteiger partial charge in [0, 0.05) is 17.7 Å². The number of rotatable bonds is 4. The van der Waals surface area contributed by atoms with Gasteiger partial charge in [0.05, 0.1) is 17.8 Å². The summed E-state index contributed by atoms with van der Waals surface area (Å²) in [6, 6.07) is 22.1. The number of hydrogen-bond donors (Lipinski definition) is 1. The van der Waals surface area contributed by atoms with Crippen LogP contribution < -0.4 is 15.6 Å². The summed E-state index contributed by atoms with van der Waals surface area (Å²) in [6.45, 7) is 0.488. The number of carbonyl (C=O) groups is 1. The van der Waals surface area contributed by atoms with Gasteiger partial charge in [-0.2, -0.15) is 0 Å². The first-order chi connectivity index (χ1) is 14.7. The minimum absolute atomic E-state index is 0.153. The van der Waals surface area contributed by atoms with Crippen molar-refractivity contribution < 1.29 is 9.53 Å². The van der Waals surface area contributed by atoms with Crippen LogP contribution in [0.25, 0.3) is 10.9 Å². The van der Waals surface area contributed by atoms with Gasteiger partial charge < -0.3 is 10.1 Å². The lowest BCUT2D eigenvalue weighted by Crippen LogP contribution is -2.36. The highest BCUT2D eigenvalue weighted by Crippen LogP contribution is 2.43. The maximum Gasteiger partial charge on any atom is 0.277 e. The van der Waals surface area contributed by atoms with Gasteiger partial charge in [0.2, 0.25) is 5.91 Å². The Labute approximate surface area is 171 Å². The van der Waals surface area contributed by atoms with Crippen LogP contribution >= 0.6 is 0 Å². The number of nitrogens with one attached hydrogen (secondary N) is 1. The molecule has 1 aromatic heterocycles. The van der Waals surface area contributed by atoms with Crippen LogP contribution in [0.5, 0.6) is 11.5 Å². The lowest BCUT2D eigenvalue weighted by atomic mass is 9.87. The van der Waals surface area contributed by atoms with E-state index in [1.165, 1.54) is 4.68 Å².